The van der Waals surface area contributed by atoms with E-state index in [1.54, 1.807) is 0 Å². The second-order valence-corrected chi connectivity index (χ2v) is 4.39. The molecule has 1 aromatic carbocycles. The Kier molecular flexibility index (Phi) is 4.52. The van der Waals surface area contributed by atoms with Gasteiger partial charge in [0.05, 0.1) is 13.2 Å². The van der Waals surface area contributed by atoms with E-state index in [0.717, 1.165) is 16.8 Å². The maximum absolute atomic E-state index is 5.79. The van der Waals surface area contributed by atoms with Crippen LogP contribution in [0.3, 0.4) is 0 Å². The third-order valence-corrected chi connectivity index (χ3v) is 2.05. The SMILES string of the molecule is Cc1ccc(COCC(Cl)Cl)c(N)c1. The Balaban J connectivity index is 2.51. The summed E-state index contributed by atoms with van der Waals surface area (Å²) in [5.74, 6) is 0. The number of nitrogens with two attached hydrogens (primary N) is 1. The second-order valence-electron chi connectivity index (χ2n) is 3.11. The summed E-state index contributed by atoms with van der Waals surface area (Å²) in [5, 5.41) is 0. The van der Waals surface area contributed by atoms with Gasteiger partial charge in [-0.3, -0.25) is 0 Å². The summed E-state index contributed by atoms with van der Waals surface area (Å²) in [5.41, 5.74) is 8.63. The predicted molar refractivity (Wildman–Crippen MR) is 60.7 cm³/mol. The molecule has 78 valence electrons. The Morgan fingerprint density at radius 2 is 2.14 bits per heavy atom. The molecule has 4 heteroatoms. The van der Waals surface area contributed by atoms with Gasteiger partial charge in [-0.2, -0.15) is 0 Å². The van der Waals surface area contributed by atoms with Crippen LogP contribution in [0.4, 0.5) is 5.69 Å². The summed E-state index contributed by atoms with van der Waals surface area (Å²) < 4.78 is 5.26. The fourth-order valence-corrected chi connectivity index (χ4v) is 1.28. The summed E-state index contributed by atoms with van der Waals surface area (Å²) in [6, 6.07) is 5.85. The van der Waals surface area contributed by atoms with Crippen molar-refractivity contribution in [3.63, 3.8) is 0 Å². The monoisotopic (exact) mass is 233 g/mol. The van der Waals surface area contributed by atoms with Crippen LogP contribution in [0.2, 0.25) is 0 Å². The van der Waals surface area contributed by atoms with Crippen LogP contribution in [0.25, 0.3) is 0 Å². The molecule has 2 N–H and O–H groups in total. The number of hydrogen-bond donors (Lipinski definition) is 1. The maximum Gasteiger partial charge on any atom is 0.131 e. The van der Waals surface area contributed by atoms with Gasteiger partial charge >= 0.3 is 0 Å². The molecule has 0 saturated carbocycles. The molecule has 0 radical (unpaired) electrons. The van der Waals surface area contributed by atoms with Gasteiger partial charge in [0.25, 0.3) is 0 Å². The average Bonchev–Trinajstić information content (AvgIpc) is 2.08. The first-order valence-corrected chi connectivity index (χ1v) is 5.18. The Labute approximate surface area is 94.0 Å². The van der Waals surface area contributed by atoms with Crippen LogP contribution in [0.5, 0.6) is 0 Å². The first kappa shape index (κ1) is 11.6. The molecule has 1 aromatic rings. The molecule has 0 aliphatic heterocycles. The smallest absolute Gasteiger partial charge is 0.131 e. The predicted octanol–water partition coefficient (Wildman–Crippen LogP) is 2.90. The standard InChI is InChI=1S/C10H13Cl2NO/c1-7-2-3-8(9(13)4-7)5-14-6-10(11)12/h2-4,10H,5-6,13H2,1H3. The van der Waals surface area contributed by atoms with Crippen molar-refractivity contribution in [1.29, 1.82) is 0 Å². The third kappa shape index (κ3) is 3.74. The molecule has 14 heavy (non-hydrogen) atoms. The van der Waals surface area contributed by atoms with Crippen LogP contribution in [0.1, 0.15) is 11.1 Å². The van der Waals surface area contributed by atoms with Gasteiger partial charge in [0, 0.05) is 11.3 Å². The minimum Gasteiger partial charge on any atom is -0.398 e. The van der Waals surface area contributed by atoms with Crippen molar-refractivity contribution in [3.8, 4) is 0 Å². The van der Waals surface area contributed by atoms with Crippen molar-refractivity contribution in [2.24, 2.45) is 0 Å². The number of rotatable bonds is 4. The van der Waals surface area contributed by atoms with E-state index in [-0.39, 0.29) is 0 Å². The number of anilines is 1. The zero-order valence-corrected chi connectivity index (χ0v) is 9.48. The number of ether oxygens (including phenoxy) is 1. The normalized spacial score (nSPS) is 10.9. The van der Waals surface area contributed by atoms with E-state index in [2.05, 4.69) is 0 Å². The van der Waals surface area contributed by atoms with Crippen LogP contribution in [-0.4, -0.2) is 11.4 Å². The van der Waals surface area contributed by atoms with Crippen molar-refractivity contribution < 1.29 is 4.74 Å². The maximum atomic E-state index is 5.79. The lowest BCUT2D eigenvalue weighted by Gasteiger charge is -2.07. The number of alkyl halides is 2. The molecule has 0 fully saturated rings. The molecular weight excluding hydrogens is 221 g/mol. The van der Waals surface area contributed by atoms with Gasteiger partial charge in [0.1, 0.15) is 4.84 Å². The molecule has 0 bridgehead atoms. The van der Waals surface area contributed by atoms with Crippen molar-refractivity contribution in [1.82, 2.24) is 0 Å². The van der Waals surface area contributed by atoms with E-state index in [1.807, 2.05) is 25.1 Å². The Morgan fingerprint density at radius 1 is 1.43 bits per heavy atom. The molecule has 0 spiro atoms. The molecule has 0 aromatic heterocycles. The van der Waals surface area contributed by atoms with Gasteiger partial charge in [0.2, 0.25) is 0 Å². The van der Waals surface area contributed by atoms with Crippen molar-refractivity contribution in [2.75, 3.05) is 12.3 Å². The lowest BCUT2D eigenvalue weighted by atomic mass is 10.1. The van der Waals surface area contributed by atoms with E-state index in [1.165, 1.54) is 0 Å². The highest BCUT2D eigenvalue weighted by Gasteiger charge is 2.02. The first-order valence-electron chi connectivity index (χ1n) is 4.30. The largest absolute Gasteiger partial charge is 0.398 e. The zero-order valence-electron chi connectivity index (χ0n) is 7.97. The number of nitrogen functional groups attached to an aromatic ring is 1. The molecular formula is C10H13Cl2NO. The van der Waals surface area contributed by atoms with Crippen molar-refractivity contribution >= 4 is 28.9 Å². The Morgan fingerprint density at radius 3 is 2.71 bits per heavy atom. The van der Waals surface area contributed by atoms with Crippen LogP contribution in [0, 0.1) is 6.92 Å². The molecule has 0 aliphatic carbocycles. The highest BCUT2D eigenvalue weighted by Crippen LogP contribution is 2.15. The third-order valence-electron chi connectivity index (χ3n) is 1.80. The molecule has 0 amide bonds. The Hall–Kier alpha value is -0.440. The molecule has 1 rings (SSSR count). The number of halogens is 2. The second kappa shape index (κ2) is 5.44. The van der Waals surface area contributed by atoms with E-state index in [4.69, 9.17) is 33.7 Å². The van der Waals surface area contributed by atoms with Crippen molar-refractivity contribution in [2.45, 2.75) is 18.4 Å². The first-order chi connectivity index (χ1) is 6.59. The molecule has 2 nitrogen and oxygen atoms in total. The van der Waals surface area contributed by atoms with Gasteiger partial charge in [-0.15, -0.1) is 23.2 Å². The quantitative estimate of drug-likeness (QED) is 0.642. The molecule has 0 heterocycles. The molecule has 0 unspecified atom stereocenters. The van der Waals surface area contributed by atoms with Crippen LogP contribution in [0.15, 0.2) is 18.2 Å². The summed E-state index contributed by atoms with van der Waals surface area (Å²) in [7, 11) is 0. The van der Waals surface area contributed by atoms with Gasteiger partial charge < -0.3 is 10.5 Å². The zero-order chi connectivity index (χ0) is 10.6. The van der Waals surface area contributed by atoms with Crippen molar-refractivity contribution in [3.05, 3.63) is 29.3 Å². The summed E-state index contributed by atoms with van der Waals surface area (Å²) in [6.07, 6.45) is 0. The van der Waals surface area contributed by atoms with E-state index in [0.29, 0.717) is 13.2 Å². The lowest BCUT2D eigenvalue weighted by Crippen LogP contribution is -2.04. The highest BCUT2D eigenvalue weighted by molar-refractivity contribution is 6.44. The van der Waals surface area contributed by atoms with E-state index in [9.17, 15) is 0 Å². The fourth-order valence-electron chi connectivity index (χ4n) is 1.10. The van der Waals surface area contributed by atoms with E-state index < -0.39 is 4.84 Å². The molecule has 0 atom stereocenters. The van der Waals surface area contributed by atoms with E-state index >= 15 is 0 Å². The highest BCUT2D eigenvalue weighted by atomic mass is 35.5. The lowest BCUT2D eigenvalue weighted by molar-refractivity contribution is 0.131. The van der Waals surface area contributed by atoms with Crippen LogP contribution < -0.4 is 5.73 Å². The molecule has 0 saturated heterocycles. The Bertz CT molecular complexity index is 302. The summed E-state index contributed by atoms with van der Waals surface area (Å²) >= 11 is 11.0. The number of hydrogen-bond acceptors (Lipinski definition) is 2. The fraction of sp³-hybridized carbons (Fsp3) is 0.400. The summed E-state index contributed by atoms with van der Waals surface area (Å²) in [6.45, 7) is 2.76. The van der Waals surface area contributed by atoms with Crippen LogP contribution >= 0.6 is 23.2 Å². The minimum atomic E-state index is -0.485. The van der Waals surface area contributed by atoms with Gasteiger partial charge in [-0.1, -0.05) is 12.1 Å². The number of benzene rings is 1. The minimum absolute atomic E-state index is 0.316. The summed E-state index contributed by atoms with van der Waals surface area (Å²) in [4.78, 5) is -0.485. The van der Waals surface area contributed by atoms with Gasteiger partial charge in [-0.25, -0.2) is 0 Å². The average molecular weight is 234 g/mol. The topological polar surface area (TPSA) is 35.2 Å². The molecule has 0 aliphatic rings. The van der Waals surface area contributed by atoms with Crippen LogP contribution in [-0.2, 0) is 11.3 Å². The number of aryl methyl sites for hydroxylation is 1. The van der Waals surface area contributed by atoms with Gasteiger partial charge in [0.15, 0.2) is 0 Å². The van der Waals surface area contributed by atoms with Gasteiger partial charge in [-0.05, 0) is 18.6 Å².